The molecule has 0 saturated carbocycles. The molecule has 0 aliphatic rings. The van der Waals surface area contributed by atoms with Crippen LogP contribution in [0.15, 0.2) is 55.6 Å². The molecule has 1 rings (SSSR count). The van der Waals surface area contributed by atoms with Crippen LogP contribution in [-0.4, -0.2) is 16.4 Å². The molecular weight excluding hydrogens is 236 g/mol. The van der Waals surface area contributed by atoms with Crippen LogP contribution in [0, 0.1) is 5.92 Å². The van der Waals surface area contributed by atoms with Gasteiger partial charge in [-0.2, -0.15) is 0 Å². The highest BCUT2D eigenvalue weighted by molar-refractivity contribution is 6.46. The van der Waals surface area contributed by atoms with Gasteiger partial charge in [0.15, 0.2) is 9.76 Å². The molecule has 0 heterocycles. The Morgan fingerprint density at radius 3 is 2.39 bits per heavy atom. The summed E-state index contributed by atoms with van der Waals surface area (Å²) in [5, 5.41) is 1.38. The standard InChI is InChI=1S/C16H24OSi/c1-3-9-15(10-4-2)11-8-14-17-18-16-12-6-5-7-13-16/h3-7,12-13,15H,1-2,8-11,14,18H2. The molecule has 0 atom stereocenters. The van der Waals surface area contributed by atoms with E-state index in [0.717, 1.165) is 25.9 Å². The molecule has 0 amide bonds. The Morgan fingerprint density at radius 2 is 1.78 bits per heavy atom. The van der Waals surface area contributed by atoms with Gasteiger partial charge in [-0.3, -0.25) is 0 Å². The molecule has 0 unspecified atom stereocenters. The number of rotatable bonds is 10. The molecule has 0 aromatic heterocycles. The van der Waals surface area contributed by atoms with Gasteiger partial charge in [0.25, 0.3) is 0 Å². The lowest BCUT2D eigenvalue weighted by Gasteiger charge is -2.12. The molecule has 0 radical (unpaired) electrons. The highest BCUT2D eigenvalue weighted by Gasteiger charge is 2.04. The first-order valence-electron chi connectivity index (χ1n) is 6.70. The molecule has 18 heavy (non-hydrogen) atoms. The molecule has 0 spiro atoms. The highest BCUT2D eigenvalue weighted by Crippen LogP contribution is 2.16. The van der Waals surface area contributed by atoms with Gasteiger partial charge in [0, 0.05) is 6.61 Å². The van der Waals surface area contributed by atoms with Crippen LogP contribution in [-0.2, 0) is 4.43 Å². The van der Waals surface area contributed by atoms with Crippen molar-refractivity contribution in [2.24, 2.45) is 5.92 Å². The van der Waals surface area contributed by atoms with E-state index in [1.807, 2.05) is 18.2 Å². The van der Waals surface area contributed by atoms with Gasteiger partial charge in [-0.05, 0) is 36.8 Å². The SMILES string of the molecule is C=CCC(CC=C)CCCO[SiH2]c1ccccc1. The first-order chi connectivity index (χ1) is 8.86. The van der Waals surface area contributed by atoms with Crippen LogP contribution >= 0.6 is 0 Å². The number of allylic oxidation sites excluding steroid dienone is 2. The molecule has 0 saturated heterocycles. The minimum atomic E-state index is -0.520. The number of hydrogen-bond acceptors (Lipinski definition) is 1. The molecule has 0 fully saturated rings. The molecule has 1 nitrogen and oxygen atoms in total. The molecule has 1 aromatic carbocycles. The molecule has 0 N–H and O–H groups in total. The van der Waals surface area contributed by atoms with E-state index in [1.165, 1.54) is 11.6 Å². The Bertz CT molecular complexity index is 324. The second-order valence-corrected chi connectivity index (χ2v) is 6.11. The Balaban J connectivity index is 2.10. The second-order valence-electron chi connectivity index (χ2n) is 4.60. The van der Waals surface area contributed by atoms with Gasteiger partial charge in [0.05, 0.1) is 0 Å². The average Bonchev–Trinajstić information content (AvgIpc) is 2.40. The van der Waals surface area contributed by atoms with E-state index in [2.05, 4.69) is 37.4 Å². The average molecular weight is 260 g/mol. The molecule has 98 valence electrons. The molecule has 2 heteroatoms. The van der Waals surface area contributed by atoms with Crippen LogP contribution in [0.4, 0.5) is 0 Å². The summed E-state index contributed by atoms with van der Waals surface area (Å²) in [6.45, 7) is 8.51. The summed E-state index contributed by atoms with van der Waals surface area (Å²) in [5.74, 6) is 0.696. The van der Waals surface area contributed by atoms with Crippen molar-refractivity contribution in [2.45, 2.75) is 25.7 Å². The molecule has 0 bridgehead atoms. The summed E-state index contributed by atoms with van der Waals surface area (Å²) in [7, 11) is -0.520. The van der Waals surface area contributed by atoms with Gasteiger partial charge >= 0.3 is 0 Å². The van der Waals surface area contributed by atoms with Crippen LogP contribution in [0.25, 0.3) is 0 Å². The van der Waals surface area contributed by atoms with E-state index < -0.39 is 9.76 Å². The van der Waals surface area contributed by atoms with Crippen LogP contribution in [0.3, 0.4) is 0 Å². The summed E-state index contributed by atoms with van der Waals surface area (Å²) < 4.78 is 5.81. The van der Waals surface area contributed by atoms with E-state index in [0.29, 0.717) is 5.92 Å². The number of hydrogen-bond donors (Lipinski definition) is 0. The summed E-state index contributed by atoms with van der Waals surface area (Å²) in [5.41, 5.74) is 0. The third-order valence-corrected chi connectivity index (χ3v) is 4.31. The Labute approximate surface area is 114 Å². The second kappa shape index (κ2) is 9.86. The van der Waals surface area contributed by atoms with Crippen molar-refractivity contribution in [2.75, 3.05) is 6.61 Å². The smallest absolute Gasteiger partial charge is 0.192 e. The lowest BCUT2D eigenvalue weighted by atomic mass is 9.96. The summed E-state index contributed by atoms with van der Waals surface area (Å²) in [4.78, 5) is 0. The third kappa shape index (κ3) is 6.57. The topological polar surface area (TPSA) is 9.23 Å². The first-order valence-corrected chi connectivity index (χ1v) is 7.98. The van der Waals surface area contributed by atoms with E-state index >= 15 is 0 Å². The van der Waals surface area contributed by atoms with Gasteiger partial charge in [-0.25, -0.2) is 0 Å². The fourth-order valence-electron chi connectivity index (χ4n) is 2.04. The fourth-order valence-corrected chi connectivity index (χ4v) is 3.09. The Kier molecular flexibility index (Phi) is 8.18. The van der Waals surface area contributed by atoms with Crippen molar-refractivity contribution in [1.29, 1.82) is 0 Å². The van der Waals surface area contributed by atoms with E-state index in [-0.39, 0.29) is 0 Å². The predicted octanol–water partition coefficient (Wildman–Crippen LogP) is 2.96. The fraction of sp³-hybridized carbons (Fsp3) is 0.375. The van der Waals surface area contributed by atoms with Crippen molar-refractivity contribution in [3.63, 3.8) is 0 Å². The maximum absolute atomic E-state index is 5.81. The molecular formula is C16H24OSi. The van der Waals surface area contributed by atoms with E-state index in [1.54, 1.807) is 0 Å². The van der Waals surface area contributed by atoms with Crippen molar-refractivity contribution >= 4 is 14.9 Å². The van der Waals surface area contributed by atoms with Crippen molar-refractivity contribution in [1.82, 2.24) is 0 Å². The van der Waals surface area contributed by atoms with Crippen molar-refractivity contribution in [3.8, 4) is 0 Å². The zero-order valence-electron chi connectivity index (χ0n) is 11.2. The minimum absolute atomic E-state index is 0.520. The Morgan fingerprint density at radius 1 is 1.11 bits per heavy atom. The zero-order chi connectivity index (χ0) is 13.1. The van der Waals surface area contributed by atoms with Gasteiger partial charge < -0.3 is 4.43 Å². The van der Waals surface area contributed by atoms with Crippen LogP contribution in [0.1, 0.15) is 25.7 Å². The van der Waals surface area contributed by atoms with Crippen LogP contribution in [0.2, 0.25) is 0 Å². The third-order valence-electron chi connectivity index (χ3n) is 3.01. The lowest BCUT2D eigenvalue weighted by Crippen LogP contribution is -2.17. The van der Waals surface area contributed by atoms with E-state index in [4.69, 9.17) is 4.43 Å². The summed E-state index contributed by atoms with van der Waals surface area (Å²) in [6, 6.07) is 10.5. The lowest BCUT2D eigenvalue weighted by molar-refractivity contribution is 0.310. The minimum Gasteiger partial charge on any atom is -0.419 e. The maximum atomic E-state index is 5.81. The van der Waals surface area contributed by atoms with Crippen LogP contribution in [0.5, 0.6) is 0 Å². The molecule has 0 aliphatic carbocycles. The highest BCUT2D eigenvalue weighted by atomic mass is 28.2. The van der Waals surface area contributed by atoms with Gasteiger partial charge in [-0.1, -0.05) is 42.5 Å². The Hall–Kier alpha value is -1.12. The zero-order valence-corrected chi connectivity index (χ0v) is 12.6. The molecule has 0 aliphatic heterocycles. The van der Waals surface area contributed by atoms with Gasteiger partial charge in [0.1, 0.15) is 0 Å². The summed E-state index contributed by atoms with van der Waals surface area (Å²) >= 11 is 0. The largest absolute Gasteiger partial charge is 0.419 e. The maximum Gasteiger partial charge on any atom is 0.192 e. The van der Waals surface area contributed by atoms with Crippen molar-refractivity contribution in [3.05, 3.63) is 55.6 Å². The van der Waals surface area contributed by atoms with Gasteiger partial charge in [-0.15, -0.1) is 13.2 Å². The number of benzene rings is 1. The normalized spacial score (nSPS) is 11.2. The van der Waals surface area contributed by atoms with Gasteiger partial charge in [0.2, 0.25) is 0 Å². The predicted molar refractivity (Wildman–Crippen MR) is 82.9 cm³/mol. The van der Waals surface area contributed by atoms with E-state index in [9.17, 15) is 0 Å². The van der Waals surface area contributed by atoms with Crippen LogP contribution < -0.4 is 5.19 Å². The quantitative estimate of drug-likeness (QED) is 0.357. The molecule has 1 aromatic rings. The summed E-state index contributed by atoms with van der Waals surface area (Å²) in [6.07, 6.45) is 8.54. The first kappa shape index (κ1) is 14.9. The monoisotopic (exact) mass is 260 g/mol. The van der Waals surface area contributed by atoms with Crippen molar-refractivity contribution < 1.29 is 4.43 Å².